The molecule has 4 rings (SSSR count). The fourth-order valence-corrected chi connectivity index (χ4v) is 4.01. The lowest BCUT2D eigenvalue weighted by atomic mass is 10.0. The van der Waals surface area contributed by atoms with Gasteiger partial charge in [-0.2, -0.15) is 0 Å². The summed E-state index contributed by atoms with van der Waals surface area (Å²) < 4.78 is 32.1. The number of amides is 2. The van der Waals surface area contributed by atoms with Crippen LogP contribution >= 0.6 is 0 Å². The molecule has 0 radical (unpaired) electrons. The molecule has 0 spiro atoms. The van der Waals surface area contributed by atoms with Crippen molar-refractivity contribution in [1.82, 2.24) is 15.5 Å². The van der Waals surface area contributed by atoms with E-state index in [0.29, 0.717) is 13.2 Å². The monoisotopic (exact) mass is 401 g/mol. The van der Waals surface area contributed by atoms with E-state index < -0.39 is 11.6 Å². The lowest BCUT2D eigenvalue weighted by molar-refractivity contribution is 0.183. The van der Waals surface area contributed by atoms with E-state index in [1.807, 2.05) is 24.3 Å². The third-order valence-corrected chi connectivity index (χ3v) is 5.58. The average Bonchev–Trinajstić information content (AvgIpc) is 2.72. The van der Waals surface area contributed by atoms with Gasteiger partial charge in [0.05, 0.1) is 12.6 Å². The summed E-state index contributed by atoms with van der Waals surface area (Å²) in [4.78, 5) is 14.7. The fraction of sp³-hybridized carbons (Fsp3) is 0.409. The number of fused-ring (bicyclic) bond motifs is 1. The highest BCUT2D eigenvalue weighted by Crippen LogP contribution is 2.31. The Labute approximate surface area is 169 Å². The molecule has 0 aliphatic carbocycles. The second-order valence-corrected chi connectivity index (χ2v) is 7.64. The van der Waals surface area contributed by atoms with Gasteiger partial charge in [-0.25, -0.2) is 13.6 Å². The topological polar surface area (TPSA) is 53.6 Å². The van der Waals surface area contributed by atoms with Gasteiger partial charge in [0.1, 0.15) is 5.75 Å². The number of likely N-dealkylation sites (tertiary alicyclic amines) is 1. The molecule has 0 aromatic heterocycles. The Morgan fingerprint density at radius 2 is 1.83 bits per heavy atom. The van der Waals surface area contributed by atoms with Crippen molar-refractivity contribution in [2.45, 2.75) is 37.9 Å². The zero-order valence-corrected chi connectivity index (χ0v) is 16.2. The van der Waals surface area contributed by atoms with Crippen LogP contribution in [-0.2, 0) is 6.54 Å². The molecule has 2 aromatic carbocycles. The lowest BCUT2D eigenvalue weighted by Gasteiger charge is -2.33. The predicted molar refractivity (Wildman–Crippen MR) is 106 cm³/mol. The summed E-state index contributed by atoms with van der Waals surface area (Å²) >= 11 is 0. The van der Waals surface area contributed by atoms with Crippen molar-refractivity contribution >= 4 is 6.03 Å². The molecule has 1 atom stereocenters. The number of hydrogen-bond acceptors (Lipinski definition) is 3. The predicted octanol–water partition coefficient (Wildman–Crippen LogP) is 3.75. The van der Waals surface area contributed by atoms with Crippen molar-refractivity contribution in [2.24, 2.45) is 0 Å². The second kappa shape index (κ2) is 8.78. The van der Waals surface area contributed by atoms with Crippen molar-refractivity contribution in [3.8, 4) is 5.75 Å². The van der Waals surface area contributed by atoms with Gasteiger partial charge in [-0.15, -0.1) is 0 Å². The van der Waals surface area contributed by atoms with Crippen LogP contribution in [0.2, 0.25) is 0 Å². The first kappa shape index (κ1) is 19.6. The van der Waals surface area contributed by atoms with Gasteiger partial charge < -0.3 is 15.4 Å². The first-order chi connectivity index (χ1) is 14.1. The van der Waals surface area contributed by atoms with E-state index in [1.165, 1.54) is 6.07 Å². The van der Waals surface area contributed by atoms with Crippen LogP contribution in [-0.4, -0.2) is 36.7 Å². The summed E-state index contributed by atoms with van der Waals surface area (Å²) in [7, 11) is 0. The van der Waals surface area contributed by atoms with E-state index in [9.17, 15) is 13.6 Å². The average molecular weight is 401 g/mol. The van der Waals surface area contributed by atoms with E-state index >= 15 is 0 Å². The Balaban J connectivity index is 1.24. The van der Waals surface area contributed by atoms with Crippen LogP contribution in [0.3, 0.4) is 0 Å². The molecule has 0 saturated carbocycles. The zero-order chi connectivity index (χ0) is 20.2. The number of para-hydroxylation sites is 1. The number of benzene rings is 2. The highest BCUT2D eigenvalue weighted by Gasteiger charge is 2.25. The molecule has 2 aliphatic rings. The Morgan fingerprint density at radius 1 is 1.03 bits per heavy atom. The van der Waals surface area contributed by atoms with Crippen LogP contribution in [0, 0.1) is 11.6 Å². The molecule has 2 aliphatic heterocycles. The van der Waals surface area contributed by atoms with Gasteiger partial charge in [-0.05, 0) is 36.6 Å². The van der Waals surface area contributed by atoms with Crippen LogP contribution in [0.25, 0.3) is 0 Å². The summed E-state index contributed by atoms with van der Waals surface area (Å²) in [5.74, 6) is -0.810. The smallest absolute Gasteiger partial charge is 0.315 e. The molecule has 1 saturated heterocycles. The first-order valence-corrected chi connectivity index (χ1v) is 10.0. The molecule has 154 valence electrons. The number of carbonyl (C=O) groups excluding carboxylic acids is 1. The second-order valence-electron chi connectivity index (χ2n) is 7.64. The van der Waals surface area contributed by atoms with Gasteiger partial charge in [0.25, 0.3) is 0 Å². The summed E-state index contributed by atoms with van der Waals surface area (Å²) in [6, 6.07) is 11.7. The maximum absolute atomic E-state index is 13.4. The summed E-state index contributed by atoms with van der Waals surface area (Å²) in [6.07, 6.45) is 2.39. The largest absolute Gasteiger partial charge is 0.493 e. The molecule has 29 heavy (non-hydrogen) atoms. The van der Waals surface area contributed by atoms with Crippen molar-refractivity contribution in [2.75, 3.05) is 19.7 Å². The van der Waals surface area contributed by atoms with Gasteiger partial charge in [-0.3, -0.25) is 4.90 Å². The van der Waals surface area contributed by atoms with Crippen LogP contribution in [0.1, 0.15) is 36.4 Å². The highest BCUT2D eigenvalue weighted by atomic mass is 19.2. The van der Waals surface area contributed by atoms with Crippen molar-refractivity contribution in [3.05, 3.63) is 65.2 Å². The third kappa shape index (κ3) is 4.85. The minimum absolute atomic E-state index is 0.0478. The van der Waals surface area contributed by atoms with E-state index in [1.54, 1.807) is 6.07 Å². The third-order valence-electron chi connectivity index (χ3n) is 5.58. The van der Waals surface area contributed by atoms with Crippen molar-refractivity contribution in [3.63, 3.8) is 0 Å². The Kier molecular flexibility index (Phi) is 5.94. The summed E-state index contributed by atoms with van der Waals surface area (Å²) in [6.45, 7) is 2.76. The molecule has 2 amide bonds. The molecule has 5 nitrogen and oxygen atoms in total. The first-order valence-electron chi connectivity index (χ1n) is 10.0. The number of urea groups is 1. The van der Waals surface area contributed by atoms with Gasteiger partial charge in [0, 0.05) is 37.7 Å². The molecule has 2 heterocycles. The number of hydrogen-bond donors (Lipinski definition) is 2. The highest BCUT2D eigenvalue weighted by molar-refractivity contribution is 5.75. The van der Waals surface area contributed by atoms with Crippen LogP contribution in [0.4, 0.5) is 13.6 Å². The van der Waals surface area contributed by atoms with Crippen molar-refractivity contribution < 1.29 is 18.3 Å². The minimum Gasteiger partial charge on any atom is -0.493 e. The molecule has 1 fully saturated rings. The van der Waals surface area contributed by atoms with Crippen LogP contribution < -0.4 is 15.4 Å². The summed E-state index contributed by atoms with van der Waals surface area (Å²) in [5.41, 5.74) is 1.77. The number of nitrogens with one attached hydrogen (secondary N) is 2. The van der Waals surface area contributed by atoms with Crippen LogP contribution in [0.5, 0.6) is 5.75 Å². The molecule has 0 unspecified atom stereocenters. The van der Waals surface area contributed by atoms with E-state index in [4.69, 9.17) is 4.74 Å². The van der Waals surface area contributed by atoms with E-state index in [0.717, 1.165) is 55.3 Å². The van der Waals surface area contributed by atoms with E-state index in [-0.39, 0.29) is 18.1 Å². The molecule has 0 bridgehead atoms. The molecular formula is C22H25F2N3O2. The molecule has 2 N–H and O–H groups in total. The number of rotatable bonds is 4. The molecule has 2 aromatic rings. The Bertz CT molecular complexity index is 869. The maximum Gasteiger partial charge on any atom is 0.315 e. The Morgan fingerprint density at radius 3 is 2.62 bits per heavy atom. The van der Waals surface area contributed by atoms with Gasteiger partial charge in [0.2, 0.25) is 0 Å². The fourth-order valence-electron chi connectivity index (χ4n) is 4.01. The number of ether oxygens (including phenoxy) is 1. The number of piperidine rings is 1. The number of nitrogens with zero attached hydrogens (tertiary/aromatic N) is 1. The minimum atomic E-state index is -0.824. The van der Waals surface area contributed by atoms with Crippen LogP contribution in [0.15, 0.2) is 42.5 Å². The van der Waals surface area contributed by atoms with Gasteiger partial charge >= 0.3 is 6.03 Å². The quantitative estimate of drug-likeness (QED) is 0.821. The van der Waals surface area contributed by atoms with Gasteiger partial charge in [0.15, 0.2) is 11.6 Å². The number of carbonyl (C=O) groups is 1. The Hall–Kier alpha value is -2.67. The van der Waals surface area contributed by atoms with E-state index in [2.05, 4.69) is 15.5 Å². The molecular weight excluding hydrogens is 376 g/mol. The molecule has 7 heteroatoms. The van der Waals surface area contributed by atoms with Crippen molar-refractivity contribution in [1.29, 1.82) is 0 Å². The lowest BCUT2D eigenvalue weighted by Crippen LogP contribution is -2.48. The normalized spacial score (nSPS) is 19.9. The summed E-state index contributed by atoms with van der Waals surface area (Å²) in [5, 5.41) is 6.13. The SMILES string of the molecule is O=C(NC1CCN(Cc2ccc(F)c(F)c2)CC1)N[C@@H]1CCOc2ccccc21. The van der Waals surface area contributed by atoms with Gasteiger partial charge in [-0.1, -0.05) is 24.3 Å². The zero-order valence-electron chi connectivity index (χ0n) is 16.2. The number of halogens is 2. The standard InChI is InChI=1S/C22H25F2N3O2/c23-18-6-5-15(13-19(18)24)14-27-10-7-16(8-11-27)25-22(28)26-20-9-12-29-21-4-2-1-3-17(20)21/h1-6,13,16,20H,7-12,14H2,(H2,25,26,28)/t20-/m1/s1. The maximum atomic E-state index is 13.4.